The molecular formula is C19H21N3O4S. The lowest BCUT2D eigenvalue weighted by atomic mass is 9.86. The zero-order chi connectivity index (χ0) is 19.0. The van der Waals surface area contributed by atoms with Crippen LogP contribution in [-0.4, -0.2) is 34.4 Å². The first kappa shape index (κ1) is 17.9. The van der Waals surface area contributed by atoms with E-state index < -0.39 is 0 Å². The number of carbonyl (C=O) groups is 1. The summed E-state index contributed by atoms with van der Waals surface area (Å²) >= 11 is 1.51. The number of anilines is 1. The van der Waals surface area contributed by atoms with E-state index in [4.69, 9.17) is 9.47 Å². The van der Waals surface area contributed by atoms with Crippen LogP contribution in [0.15, 0.2) is 28.2 Å². The van der Waals surface area contributed by atoms with Crippen molar-refractivity contribution < 1.29 is 14.3 Å². The number of carbonyl (C=O) groups excluding carboxylic acids is 1. The minimum absolute atomic E-state index is 0.116. The quantitative estimate of drug-likeness (QED) is 0.641. The molecule has 1 amide bonds. The van der Waals surface area contributed by atoms with Crippen LogP contribution in [0.1, 0.15) is 36.8 Å². The van der Waals surface area contributed by atoms with E-state index in [0.29, 0.717) is 41.3 Å². The van der Waals surface area contributed by atoms with Crippen LogP contribution in [0.5, 0.6) is 11.5 Å². The number of nitrogens with zero attached hydrogens (tertiary/aromatic N) is 2. The fourth-order valence-electron chi connectivity index (χ4n) is 3.42. The van der Waals surface area contributed by atoms with Crippen LogP contribution in [0, 0.1) is 0 Å². The van der Waals surface area contributed by atoms with E-state index in [1.807, 2.05) is 25.2 Å². The van der Waals surface area contributed by atoms with Gasteiger partial charge in [0.15, 0.2) is 16.7 Å². The van der Waals surface area contributed by atoms with Crippen LogP contribution in [0.3, 0.4) is 0 Å². The largest absolute Gasteiger partial charge is 0.486 e. The normalized spacial score (nSPS) is 18.0. The van der Waals surface area contributed by atoms with Crippen LogP contribution in [0.2, 0.25) is 0 Å². The molecule has 7 nitrogen and oxygen atoms in total. The van der Waals surface area contributed by atoms with Gasteiger partial charge in [0.2, 0.25) is 5.91 Å². The summed E-state index contributed by atoms with van der Waals surface area (Å²) in [6.45, 7) is 3.08. The molecule has 2 aliphatic rings. The second-order valence-electron chi connectivity index (χ2n) is 6.58. The lowest BCUT2D eigenvalue weighted by molar-refractivity contribution is -0.116. The van der Waals surface area contributed by atoms with Crippen molar-refractivity contribution in [3.05, 3.63) is 39.7 Å². The standard InChI is InChI=1S/C19H21N3O4S/c1-3-8-27-19-21-18(24)16-12(10-15(23)20-17(16)22(19)2)11-4-5-13-14(9-11)26-7-6-25-13/h4-5,9,12H,3,6-8,10H2,1-2H3,(H,20,23)/t12-/m0/s1. The number of amides is 1. The molecule has 0 aliphatic carbocycles. The molecule has 4 rings (SSSR count). The maximum atomic E-state index is 12.8. The van der Waals surface area contributed by atoms with Gasteiger partial charge < -0.3 is 19.4 Å². The molecule has 1 atom stereocenters. The van der Waals surface area contributed by atoms with Gasteiger partial charge in [-0.2, -0.15) is 4.98 Å². The molecule has 1 N–H and O–H groups in total. The molecule has 0 bridgehead atoms. The fraction of sp³-hybridized carbons (Fsp3) is 0.421. The van der Waals surface area contributed by atoms with Gasteiger partial charge in [0.05, 0.1) is 5.56 Å². The molecular weight excluding hydrogens is 366 g/mol. The van der Waals surface area contributed by atoms with E-state index in [0.717, 1.165) is 17.7 Å². The van der Waals surface area contributed by atoms with Gasteiger partial charge in [-0.3, -0.25) is 9.59 Å². The Labute approximate surface area is 161 Å². The van der Waals surface area contributed by atoms with Gasteiger partial charge in [0.1, 0.15) is 19.0 Å². The third kappa shape index (κ3) is 3.29. The number of hydrogen-bond donors (Lipinski definition) is 1. The van der Waals surface area contributed by atoms with Gasteiger partial charge >= 0.3 is 0 Å². The number of nitrogens with one attached hydrogen (secondary N) is 1. The molecule has 0 saturated heterocycles. The zero-order valence-electron chi connectivity index (χ0n) is 15.3. The topological polar surface area (TPSA) is 82.5 Å². The van der Waals surface area contributed by atoms with Gasteiger partial charge in [-0.1, -0.05) is 24.8 Å². The van der Waals surface area contributed by atoms with Gasteiger partial charge in [-0.25, -0.2) is 0 Å². The van der Waals surface area contributed by atoms with Crippen LogP contribution in [0.4, 0.5) is 5.82 Å². The summed E-state index contributed by atoms with van der Waals surface area (Å²) in [6, 6.07) is 5.58. The first-order valence-electron chi connectivity index (χ1n) is 9.01. The highest BCUT2D eigenvalue weighted by molar-refractivity contribution is 7.99. The number of benzene rings is 1. The van der Waals surface area contributed by atoms with E-state index in [1.165, 1.54) is 11.8 Å². The number of aromatic nitrogens is 2. The summed E-state index contributed by atoms with van der Waals surface area (Å²) in [7, 11) is 1.83. The SMILES string of the molecule is CCCSc1nc(=O)c2c(n1C)NC(=O)C[C@H]2c1ccc2c(c1)OCCO2. The number of hydrogen-bond acceptors (Lipinski definition) is 6. The summed E-state index contributed by atoms with van der Waals surface area (Å²) in [5, 5.41) is 3.48. The molecule has 0 radical (unpaired) electrons. The summed E-state index contributed by atoms with van der Waals surface area (Å²) in [6.07, 6.45) is 1.18. The summed E-state index contributed by atoms with van der Waals surface area (Å²) in [5.74, 6) is 2.24. The van der Waals surface area contributed by atoms with Crippen LogP contribution in [0.25, 0.3) is 0 Å². The molecule has 2 aliphatic heterocycles. The van der Waals surface area contributed by atoms with E-state index in [2.05, 4.69) is 17.2 Å². The average Bonchev–Trinajstić information content (AvgIpc) is 2.68. The minimum atomic E-state index is -0.360. The van der Waals surface area contributed by atoms with E-state index in [9.17, 15) is 9.59 Å². The molecule has 1 aromatic carbocycles. The van der Waals surface area contributed by atoms with Crippen LogP contribution >= 0.6 is 11.8 Å². The Morgan fingerprint density at radius 1 is 1.26 bits per heavy atom. The molecule has 0 fully saturated rings. The fourth-order valence-corrected chi connectivity index (χ4v) is 4.24. The Kier molecular flexibility index (Phi) is 4.82. The van der Waals surface area contributed by atoms with Gasteiger partial charge in [-0.05, 0) is 24.1 Å². The molecule has 1 aromatic heterocycles. The maximum Gasteiger partial charge on any atom is 0.279 e. The number of ether oxygens (including phenoxy) is 2. The highest BCUT2D eigenvalue weighted by Gasteiger charge is 2.32. The Morgan fingerprint density at radius 2 is 2.04 bits per heavy atom. The summed E-state index contributed by atoms with van der Waals surface area (Å²) in [5.41, 5.74) is 1.08. The summed E-state index contributed by atoms with van der Waals surface area (Å²) < 4.78 is 13.0. The second-order valence-corrected chi connectivity index (χ2v) is 7.64. The van der Waals surface area contributed by atoms with Crippen molar-refractivity contribution in [1.29, 1.82) is 0 Å². The molecule has 8 heteroatoms. The van der Waals surface area contributed by atoms with Crippen LogP contribution < -0.4 is 20.3 Å². The monoisotopic (exact) mass is 387 g/mol. The zero-order valence-corrected chi connectivity index (χ0v) is 16.1. The number of thioether (sulfide) groups is 1. The average molecular weight is 387 g/mol. The molecule has 142 valence electrons. The van der Waals surface area contributed by atoms with Crippen molar-refractivity contribution in [2.24, 2.45) is 7.05 Å². The number of fused-ring (bicyclic) bond motifs is 2. The van der Waals surface area contributed by atoms with Gasteiger partial charge in [-0.15, -0.1) is 0 Å². The Balaban J connectivity index is 1.80. The molecule has 27 heavy (non-hydrogen) atoms. The molecule has 3 heterocycles. The summed E-state index contributed by atoms with van der Waals surface area (Å²) in [4.78, 5) is 29.5. The van der Waals surface area contributed by atoms with Crippen molar-refractivity contribution in [3.63, 3.8) is 0 Å². The molecule has 2 aromatic rings. The smallest absolute Gasteiger partial charge is 0.279 e. The first-order valence-corrected chi connectivity index (χ1v) is 10.00. The Morgan fingerprint density at radius 3 is 2.81 bits per heavy atom. The molecule has 0 unspecified atom stereocenters. The van der Waals surface area contributed by atoms with E-state index in [1.54, 1.807) is 4.57 Å². The van der Waals surface area contributed by atoms with Gasteiger partial charge in [0, 0.05) is 25.1 Å². The minimum Gasteiger partial charge on any atom is -0.486 e. The van der Waals surface area contributed by atoms with Crippen molar-refractivity contribution >= 4 is 23.5 Å². The van der Waals surface area contributed by atoms with E-state index in [-0.39, 0.29) is 23.8 Å². The maximum absolute atomic E-state index is 12.8. The second kappa shape index (κ2) is 7.26. The third-order valence-electron chi connectivity index (χ3n) is 4.70. The van der Waals surface area contributed by atoms with Gasteiger partial charge in [0.25, 0.3) is 5.56 Å². The highest BCUT2D eigenvalue weighted by Crippen LogP contribution is 2.39. The predicted molar refractivity (Wildman–Crippen MR) is 103 cm³/mol. The van der Waals surface area contributed by atoms with E-state index >= 15 is 0 Å². The van der Waals surface area contributed by atoms with Crippen molar-refractivity contribution in [1.82, 2.24) is 9.55 Å². The van der Waals surface area contributed by atoms with Crippen molar-refractivity contribution in [3.8, 4) is 11.5 Å². The number of rotatable bonds is 4. The Bertz CT molecular complexity index is 957. The van der Waals surface area contributed by atoms with Crippen molar-refractivity contribution in [2.75, 3.05) is 24.3 Å². The lowest BCUT2D eigenvalue weighted by Crippen LogP contribution is -2.33. The Hall–Kier alpha value is -2.48. The van der Waals surface area contributed by atoms with Crippen molar-refractivity contribution in [2.45, 2.75) is 30.8 Å². The predicted octanol–water partition coefficient (Wildman–Crippen LogP) is 2.53. The molecule has 0 saturated carbocycles. The lowest BCUT2D eigenvalue weighted by Gasteiger charge is -2.28. The first-order chi connectivity index (χ1) is 13.1. The third-order valence-corrected chi connectivity index (χ3v) is 5.94. The molecule has 0 spiro atoms. The highest BCUT2D eigenvalue weighted by atomic mass is 32.2. The van der Waals surface area contributed by atoms with Crippen LogP contribution in [-0.2, 0) is 11.8 Å².